The fourth-order valence-corrected chi connectivity index (χ4v) is 3.22. The van der Waals surface area contributed by atoms with Crippen LogP contribution >= 0.6 is 0 Å². The van der Waals surface area contributed by atoms with E-state index in [1.165, 1.54) is 13.0 Å². The van der Waals surface area contributed by atoms with Crippen LogP contribution in [0.5, 0.6) is 0 Å². The molecule has 0 spiro atoms. The number of piperidine rings is 1. The number of rotatable bonds is 3. The van der Waals surface area contributed by atoms with E-state index in [1.807, 2.05) is 4.90 Å². The molecule has 1 aromatic heterocycles. The fraction of sp³-hybridized carbons (Fsp3) is 0.471. The van der Waals surface area contributed by atoms with Gasteiger partial charge in [-0.25, -0.2) is 9.18 Å². The topological polar surface area (TPSA) is 83.4 Å². The number of carbonyl (C=O) groups excluding carboxylic acids is 1. The monoisotopic (exact) mass is 349 g/mol. The summed E-state index contributed by atoms with van der Waals surface area (Å²) in [5.41, 5.74) is -0.351. The zero-order valence-electron chi connectivity index (χ0n) is 14.2. The Morgan fingerprint density at radius 2 is 1.84 bits per heavy atom. The van der Waals surface area contributed by atoms with Crippen molar-refractivity contribution in [3.05, 3.63) is 39.8 Å². The van der Waals surface area contributed by atoms with Gasteiger partial charge in [-0.2, -0.15) is 4.73 Å². The lowest BCUT2D eigenvalue weighted by atomic mass is 10.1. The van der Waals surface area contributed by atoms with Crippen LogP contribution in [0.4, 0.5) is 10.1 Å². The smallest absolute Gasteiger partial charge is 0.412 e. The quantitative estimate of drug-likeness (QED) is 0.479. The first-order valence-electron chi connectivity index (χ1n) is 8.36. The summed E-state index contributed by atoms with van der Waals surface area (Å²) < 4.78 is 20.2. The first-order chi connectivity index (χ1) is 12.0. The summed E-state index contributed by atoms with van der Waals surface area (Å²) in [6.07, 6.45) is 3.00. The van der Waals surface area contributed by atoms with Crippen molar-refractivity contribution >= 4 is 22.7 Å². The predicted molar refractivity (Wildman–Crippen MR) is 88.6 cm³/mol. The Labute approximate surface area is 144 Å². The molecule has 0 bridgehead atoms. The van der Waals surface area contributed by atoms with Crippen LogP contribution in [0.3, 0.4) is 0 Å². The zero-order valence-corrected chi connectivity index (χ0v) is 14.2. The number of hydrogen-bond acceptors (Lipinski definition) is 5. The fourth-order valence-electron chi connectivity index (χ4n) is 3.22. The van der Waals surface area contributed by atoms with Crippen LogP contribution in [0.2, 0.25) is 0 Å². The molecular weight excluding hydrogens is 329 g/mol. The molecule has 0 N–H and O–H groups in total. The molecule has 0 amide bonds. The van der Waals surface area contributed by atoms with Crippen LogP contribution in [0.25, 0.3) is 11.0 Å². The molecule has 1 saturated heterocycles. The Kier molecular flexibility index (Phi) is 4.61. The van der Waals surface area contributed by atoms with Crippen LogP contribution in [-0.2, 0) is 4.74 Å². The minimum Gasteiger partial charge on any atom is -0.618 e. The number of esters is 1. The van der Waals surface area contributed by atoms with Gasteiger partial charge in [-0.05, 0) is 26.2 Å². The van der Waals surface area contributed by atoms with E-state index >= 15 is 0 Å². The number of fused-ring (bicyclic) bond motifs is 1. The van der Waals surface area contributed by atoms with E-state index in [0.717, 1.165) is 25.3 Å². The largest absolute Gasteiger partial charge is 0.618 e. The van der Waals surface area contributed by atoms with Crippen molar-refractivity contribution in [3.8, 4) is 0 Å². The summed E-state index contributed by atoms with van der Waals surface area (Å²) in [6.45, 7) is 4.45. The standard InChI is InChI=1S/C17H20FN3O4/c1-3-25-17(22)16-11(2)20(23)15-10-13(19-7-5-4-6-8-19)12(18)9-14(15)21(16)24/h9-10H,3-8H2,1-2H3. The van der Waals surface area contributed by atoms with Crippen LogP contribution in [-0.4, -0.2) is 25.7 Å². The predicted octanol–water partition coefficient (Wildman–Crippen LogP) is 1.72. The lowest BCUT2D eigenvalue weighted by Gasteiger charge is -2.28. The van der Waals surface area contributed by atoms with Gasteiger partial charge in [-0.15, -0.1) is 4.73 Å². The van der Waals surface area contributed by atoms with Gasteiger partial charge in [0, 0.05) is 26.1 Å². The normalized spacial score (nSPS) is 14.8. The molecule has 25 heavy (non-hydrogen) atoms. The van der Waals surface area contributed by atoms with E-state index in [0.29, 0.717) is 23.5 Å². The third-order valence-corrected chi connectivity index (χ3v) is 4.50. The van der Waals surface area contributed by atoms with E-state index in [1.54, 1.807) is 6.92 Å². The molecule has 1 aliphatic rings. The van der Waals surface area contributed by atoms with Crippen molar-refractivity contribution in [3.63, 3.8) is 0 Å². The highest BCUT2D eigenvalue weighted by molar-refractivity contribution is 5.87. The first-order valence-corrected chi connectivity index (χ1v) is 8.36. The van der Waals surface area contributed by atoms with Crippen molar-refractivity contribution in [2.24, 2.45) is 0 Å². The highest BCUT2D eigenvalue weighted by Gasteiger charge is 2.33. The Hall–Kier alpha value is -2.64. The minimum atomic E-state index is -0.901. The maximum Gasteiger partial charge on any atom is 0.412 e. The number of carbonyl (C=O) groups is 1. The Morgan fingerprint density at radius 1 is 1.20 bits per heavy atom. The molecule has 1 aliphatic heterocycles. The van der Waals surface area contributed by atoms with Gasteiger partial charge in [0.05, 0.1) is 18.4 Å². The Bertz CT molecular complexity index is 835. The number of ether oxygens (including phenoxy) is 1. The average Bonchev–Trinajstić information content (AvgIpc) is 2.61. The van der Waals surface area contributed by atoms with E-state index in [-0.39, 0.29) is 28.1 Å². The van der Waals surface area contributed by atoms with E-state index in [4.69, 9.17) is 4.74 Å². The molecule has 0 atom stereocenters. The minimum absolute atomic E-state index is 0.0301. The molecule has 0 unspecified atom stereocenters. The molecule has 134 valence electrons. The van der Waals surface area contributed by atoms with Gasteiger partial charge in [0.25, 0.3) is 16.7 Å². The number of hydrogen-bond donors (Lipinski definition) is 0. The highest BCUT2D eigenvalue weighted by atomic mass is 19.1. The average molecular weight is 349 g/mol. The van der Waals surface area contributed by atoms with Gasteiger partial charge in [0.2, 0.25) is 0 Å². The summed E-state index contributed by atoms with van der Waals surface area (Å²) in [5.74, 6) is -1.49. The molecule has 0 aliphatic carbocycles. The molecule has 7 nitrogen and oxygen atoms in total. The summed E-state index contributed by atoms with van der Waals surface area (Å²) in [7, 11) is 0. The van der Waals surface area contributed by atoms with Gasteiger partial charge < -0.3 is 20.1 Å². The van der Waals surface area contributed by atoms with Crippen molar-refractivity contribution < 1.29 is 23.4 Å². The summed E-state index contributed by atoms with van der Waals surface area (Å²) in [5, 5.41) is 25.1. The van der Waals surface area contributed by atoms with Gasteiger partial charge in [0.15, 0.2) is 5.82 Å². The Morgan fingerprint density at radius 3 is 2.48 bits per heavy atom. The van der Waals surface area contributed by atoms with Crippen molar-refractivity contribution in [1.29, 1.82) is 0 Å². The van der Waals surface area contributed by atoms with Gasteiger partial charge in [-0.1, -0.05) is 0 Å². The van der Waals surface area contributed by atoms with Crippen molar-refractivity contribution in [2.45, 2.75) is 33.1 Å². The van der Waals surface area contributed by atoms with Crippen LogP contribution in [0.1, 0.15) is 42.4 Å². The SMILES string of the molecule is CCOC(=O)c1c(C)[n+]([O-])c2cc(N3CCCCC3)c(F)cc2[n+]1[O-]. The number of aromatic nitrogens is 2. The number of anilines is 1. The second-order valence-electron chi connectivity index (χ2n) is 6.08. The third kappa shape index (κ3) is 2.92. The third-order valence-electron chi connectivity index (χ3n) is 4.50. The highest BCUT2D eigenvalue weighted by Crippen LogP contribution is 2.26. The molecular formula is C17H20FN3O4. The van der Waals surface area contributed by atoms with E-state index in [9.17, 15) is 19.6 Å². The van der Waals surface area contributed by atoms with E-state index < -0.39 is 17.5 Å². The van der Waals surface area contributed by atoms with Crippen LogP contribution in [0, 0.1) is 23.2 Å². The molecule has 8 heteroatoms. The van der Waals surface area contributed by atoms with Crippen molar-refractivity contribution in [2.75, 3.05) is 24.6 Å². The lowest BCUT2D eigenvalue weighted by molar-refractivity contribution is -0.635. The van der Waals surface area contributed by atoms with Crippen molar-refractivity contribution in [1.82, 2.24) is 0 Å². The first kappa shape index (κ1) is 17.2. The molecule has 0 radical (unpaired) electrons. The number of halogens is 1. The molecule has 1 aromatic carbocycles. The molecule has 1 fully saturated rings. The molecule has 3 rings (SSSR count). The molecule has 2 aromatic rings. The summed E-state index contributed by atoms with van der Waals surface area (Å²) >= 11 is 0. The summed E-state index contributed by atoms with van der Waals surface area (Å²) in [4.78, 5) is 13.9. The zero-order chi connectivity index (χ0) is 18.1. The molecule has 2 heterocycles. The van der Waals surface area contributed by atoms with Gasteiger partial charge >= 0.3 is 11.7 Å². The number of nitrogens with zero attached hydrogens (tertiary/aromatic N) is 3. The Balaban J connectivity index is 2.19. The second-order valence-corrected chi connectivity index (χ2v) is 6.08. The second kappa shape index (κ2) is 6.70. The van der Waals surface area contributed by atoms with Gasteiger partial charge in [0.1, 0.15) is 0 Å². The van der Waals surface area contributed by atoms with Crippen LogP contribution in [0.15, 0.2) is 12.1 Å². The summed E-state index contributed by atoms with van der Waals surface area (Å²) in [6, 6.07) is 2.40. The number of benzene rings is 1. The van der Waals surface area contributed by atoms with Crippen LogP contribution < -0.4 is 14.4 Å². The molecule has 0 saturated carbocycles. The lowest BCUT2D eigenvalue weighted by Crippen LogP contribution is -2.47. The maximum atomic E-state index is 14.6. The van der Waals surface area contributed by atoms with Gasteiger partial charge in [-0.3, -0.25) is 0 Å². The maximum absolute atomic E-state index is 14.6. The van der Waals surface area contributed by atoms with E-state index in [2.05, 4.69) is 0 Å².